The van der Waals surface area contributed by atoms with Gasteiger partial charge in [-0.1, -0.05) is 0 Å². The Balaban J connectivity index is 1.69. The standard InChI is InChI=1S/C28H49N11O9/c1-31-17(25(43)36-18(5-2-10-29)26(44)37-19-7-4-14-39(48)28(19)46)6-3-13-38(47)22(41)9-12-33-21(40)8-11-34-27(45)23(30)24(42)20-15-32-16-35-20/h15-19,23-24,31,42,47-48H,2-14,29-30H2,1H3,(H,32,35)(H,33,40)(H,34,45)(H,36,43)(H,37,44)/t17-,18-,19-,23-,24+/m0/s1. The van der Waals surface area contributed by atoms with Crippen LogP contribution in [-0.2, 0) is 28.8 Å². The Morgan fingerprint density at radius 3 is 2.46 bits per heavy atom. The number of aliphatic hydroxyl groups excluding tert-OH is 1. The smallest absolute Gasteiger partial charge is 0.268 e. The van der Waals surface area contributed by atoms with Crippen LogP contribution in [0.3, 0.4) is 0 Å². The van der Waals surface area contributed by atoms with Gasteiger partial charge < -0.3 is 48.1 Å². The van der Waals surface area contributed by atoms with Crippen LogP contribution < -0.4 is 38.1 Å². The highest BCUT2D eigenvalue weighted by Gasteiger charge is 2.32. The van der Waals surface area contributed by atoms with Gasteiger partial charge in [0, 0.05) is 39.0 Å². The Bertz CT molecular complexity index is 1200. The molecule has 270 valence electrons. The number of nitrogens with two attached hydrogens (primary N) is 2. The fourth-order valence-corrected chi connectivity index (χ4v) is 4.81. The number of nitrogens with zero attached hydrogens (tertiary/aromatic N) is 3. The van der Waals surface area contributed by atoms with Gasteiger partial charge in [0.2, 0.25) is 29.5 Å². The molecule has 0 aliphatic carbocycles. The molecule has 1 saturated heterocycles. The first kappa shape index (κ1) is 40.0. The Morgan fingerprint density at radius 1 is 1.08 bits per heavy atom. The van der Waals surface area contributed by atoms with Crippen molar-refractivity contribution in [2.24, 2.45) is 11.5 Å². The van der Waals surface area contributed by atoms with E-state index in [1.165, 1.54) is 12.5 Å². The lowest BCUT2D eigenvalue weighted by Gasteiger charge is -2.29. The van der Waals surface area contributed by atoms with Gasteiger partial charge in [0.15, 0.2) is 0 Å². The molecular formula is C28H49N11O9. The predicted octanol–water partition coefficient (Wildman–Crippen LogP) is -3.91. The number of hydrogen-bond acceptors (Lipinski definition) is 13. The average Bonchev–Trinajstić information content (AvgIpc) is 3.61. The minimum absolute atomic E-state index is 0.0601. The highest BCUT2D eigenvalue weighted by Crippen LogP contribution is 2.12. The fraction of sp³-hybridized carbons (Fsp3) is 0.679. The summed E-state index contributed by atoms with van der Waals surface area (Å²) in [6.45, 7) is 0.218. The number of likely N-dealkylation sites (N-methyl/N-ethyl adjacent to an activating group) is 1. The summed E-state index contributed by atoms with van der Waals surface area (Å²) in [5, 5.41) is 44.0. The maximum Gasteiger partial charge on any atom is 0.268 e. The number of hydroxylamine groups is 4. The molecule has 1 aliphatic rings. The number of hydrogen-bond donors (Lipinski definition) is 11. The van der Waals surface area contributed by atoms with Gasteiger partial charge >= 0.3 is 0 Å². The highest BCUT2D eigenvalue weighted by atomic mass is 16.5. The number of H-pyrrole nitrogens is 1. The minimum atomic E-state index is -1.30. The average molecular weight is 684 g/mol. The Labute approximate surface area is 277 Å². The summed E-state index contributed by atoms with van der Waals surface area (Å²) in [5.41, 5.74) is 11.6. The molecule has 2 rings (SSSR count). The van der Waals surface area contributed by atoms with E-state index in [2.05, 4.69) is 36.6 Å². The van der Waals surface area contributed by atoms with Crippen LogP contribution in [0.25, 0.3) is 0 Å². The lowest BCUT2D eigenvalue weighted by atomic mass is 10.0. The zero-order chi connectivity index (χ0) is 35.6. The summed E-state index contributed by atoms with van der Waals surface area (Å²) in [4.78, 5) is 80.9. The number of nitrogens with one attached hydrogen (secondary N) is 6. The van der Waals surface area contributed by atoms with Crippen LogP contribution in [0.4, 0.5) is 0 Å². The monoisotopic (exact) mass is 683 g/mol. The Kier molecular flexibility index (Phi) is 17.4. The molecule has 13 N–H and O–H groups in total. The molecule has 2 heterocycles. The largest absolute Gasteiger partial charge is 0.385 e. The molecule has 1 fully saturated rings. The topological polar surface area (TPSA) is 310 Å². The van der Waals surface area contributed by atoms with Crippen LogP contribution in [0.15, 0.2) is 12.5 Å². The number of carbonyl (C=O) groups excluding carboxylic acids is 6. The van der Waals surface area contributed by atoms with E-state index >= 15 is 0 Å². The summed E-state index contributed by atoms with van der Waals surface area (Å²) in [6, 6.07) is -3.92. The van der Waals surface area contributed by atoms with Crippen LogP contribution in [-0.4, -0.2) is 135 Å². The lowest BCUT2D eigenvalue weighted by Crippen LogP contribution is -2.57. The molecule has 0 unspecified atom stereocenters. The summed E-state index contributed by atoms with van der Waals surface area (Å²) >= 11 is 0. The second-order valence-electron chi connectivity index (χ2n) is 11.3. The van der Waals surface area contributed by atoms with E-state index in [1.54, 1.807) is 7.05 Å². The molecule has 48 heavy (non-hydrogen) atoms. The first-order valence-corrected chi connectivity index (χ1v) is 15.8. The van der Waals surface area contributed by atoms with Crippen LogP contribution in [0, 0.1) is 0 Å². The van der Waals surface area contributed by atoms with E-state index in [1.807, 2.05) is 0 Å². The van der Waals surface area contributed by atoms with Crippen molar-refractivity contribution in [1.29, 1.82) is 0 Å². The van der Waals surface area contributed by atoms with E-state index in [4.69, 9.17) is 11.5 Å². The first-order chi connectivity index (χ1) is 22.9. The number of rotatable bonds is 21. The van der Waals surface area contributed by atoms with Crippen molar-refractivity contribution in [3.8, 4) is 0 Å². The van der Waals surface area contributed by atoms with Gasteiger partial charge in [-0.2, -0.15) is 0 Å². The molecule has 5 atom stereocenters. The van der Waals surface area contributed by atoms with Crippen molar-refractivity contribution in [2.75, 3.05) is 39.8 Å². The van der Waals surface area contributed by atoms with Crippen molar-refractivity contribution in [3.05, 3.63) is 18.2 Å². The molecule has 0 aromatic carbocycles. The number of imidazole rings is 1. The maximum absolute atomic E-state index is 13.0. The van der Waals surface area contributed by atoms with E-state index in [9.17, 15) is 44.3 Å². The van der Waals surface area contributed by atoms with Gasteiger partial charge in [-0.25, -0.2) is 15.1 Å². The van der Waals surface area contributed by atoms with Crippen molar-refractivity contribution >= 4 is 35.4 Å². The van der Waals surface area contributed by atoms with Gasteiger partial charge in [-0.15, -0.1) is 0 Å². The van der Waals surface area contributed by atoms with Gasteiger partial charge in [0.1, 0.15) is 24.2 Å². The van der Waals surface area contributed by atoms with Crippen molar-refractivity contribution in [2.45, 2.75) is 81.6 Å². The molecule has 20 heteroatoms. The molecule has 0 saturated carbocycles. The second kappa shape index (κ2) is 20.9. The summed E-state index contributed by atoms with van der Waals surface area (Å²) in [7, 11) is 1.55. The molecule has 1 aliphatic heterocycles. The SMILES string of the molecule is CN[C@@H](CCCN(O)C(=O)CCNC(=O)CCNC(=O)[C@@H](N)[C@H](O)c1cnc[nH]1)C(=O)N[C@@H](CCCN)C(=O)N[C@H]1CCCN(O)C1=O. The number of aromatic nitrogens is 2. The second-order valence-corrected chi connectivity index (χ2v) is 11.3. The normalized spacial score (nSPS) is 17.1. The minimum Gasteiger partial charge on any atom is -0.385 e. The third-order valence-corrected chi connectivity index (χ3v) is 7.67. The van der Waals surface area contributed by atoms with Crippen molar-refractivity contribution in [3.63, 3.8) is 0 Å². The van der Waals surface area contributed by atoms with Gasteiger partial charge in [-0.3, -0.25) is 39.2 Å². The van der Waals surface area contributed by atoms with Crippen LogP contribution in [0.5, 0.6) is 0 Å². The number of aliphatic hydroxyl groups is 1. The van der Waals surface area contributed by atoms with Gasteiger partial charge in [-0.05, 0) is 52.1 Å². The Hall–Kier alpha value is -4.21. The van der Waals surface area contributed by atoms with Crippen molar-refractivity contribution in [1.82, 2.24) is 46.7 Å². The van der Waals surface area contributed by atoms with E-state index in [0.717, 1.165) is 0 Å². The van der Waals surface area contributed by atoms with Crippen LogP contribution in [0.1, 0.15) is 63.2 Å². The summed E-state index contributed by atoms with van der Waals surface area (Å²) in [5.74, 6) is -3.49. The van der Waals surface area contributed by atoms with Crippen molar-refractivity contribution < 1.29 is 44.3 Å². The van der Waals surface area contributed by atoms with E-state index < -0.39 is 65.7 Å². The van der Waals surface area contributed by atoms with Gasteiger partial charge in [0.25, 0.3) is 5.91 Å². The predicted molar refractivity (Wildman–Crippen MR) is 167 cm³/mol. The molecule has 1 aromatic heterocycles. The molecule has 6 amide bonds. The third-order valence-electron chi connectivity index (χ3n) is 7.67. The number of piperidine rings is 1. The zero-order valence-corrected chi connectivity index (χ0v) is 27.0. The fourth-order valence-electron chi connectivity index (χ4n) is 4.81. The molecule has 0 radical (unpaired) electrons. The quantitative estimate of drug-likeness (QED) is 0.0437. The van der Waals surface area contributed by atoms with Crippen LogP contribution in [0.2, 0.25) is 0 Å². The lowest BCUT2D eigenvalue weighted by molar-refractivity contribution is -0.173. The molecule has 1 aromatic rings. The molecule has 20 nitrogen and oxygen atoms in total. The molecular weight excluding hydrogens is 634 g/mol. The summed E-state index contributed by atoms with van der Waals surface area (Å²) < 4.78 is 0. The van der Waals surface area contributed by atoms with Gasteiger partial charge in [0.05, 0.1) is 24.3 Å². The Morgan fingerprint density at radius 2 is 1.79 bits per heavy atom. The van der Waals surface area contributed by atoms with E-state index in [0.29, 0.717) is 29.4 Å². The maximum atomic E-state index is 13.0. The molecule has 0 bridgehead atoms. The first-order valence-electron chi connectivity index (χ1n) is 15.8. The van der Waals surface area contributed by atoms with E-state index in [-0.39, 0.29) is 70.5 Å². The summed E-state index contributed by atoms with van der Waals surface area (Å²) in [6.07, 6.45) is 2.98. The third kappa shape index (κ3) is 13.1. The number of carbonyl (C=O) groups is 6. The number of aromatic amines is 1. The number of amides is 6. The van der Waals surface area contributed by atoms with Crippen LogP contribution >= 0.6 is 0 Å². The highest BCUT2D eigenvalue weighted by molar-refractivity contribution is 5.93. The molecule has 0 spiro atoms. The zero-order valence-electron chi connectivity index (χ0n) is 27.0.